The fourth-order valence-electron chi connectivity index (χ4n) is 3.90. The Balaban J connectivity index is 1.91. The van der Waals surface area contributed by atoms with Crippen LogP contribution in [0.15, 0.2) is 18.2 Å². The molecule has 1 atom stereocenters. The second kappa shape index (κ2) is 7.08. The van der Waals surface area contributed by atoms with Gasteiger partial charge >= 0.3 is 0 Å². The van der Waals surface area contributed by atoms with Gasteiger partial charge in [-0.2, -0.15) is 0 Å². The number of halogens is 2. The maximum atomic E-state index is 14.4. The molecule has 1 saturated carbocycles. The van der Waals surface area contributed by atoms with Gasteiger partial charge in [0.15, 0.2) is 0 Å². The largest absolute Gasteiger partial charge is 0.314 e. The Labute approximate surface area is 131 Å². The second-order valence-corrected chi connectivity index (χ2v) is 6.73. The van der Waals surface area contributed by atoms with Gasteiger partial charge in [-0.3, -0.25) is 4.90 Å². The highest BCUT2D eigenvalue weighted by molar-refractivity contribution is 6.30. The molecule has 2 nitrogen and oxygen atoms in total. The minimum absolute atomic E-state index is 0.103. The van der Waals surface area contributed by atoms with Crippen molar-refractivity contribution in [1.82, 2.24) is 10.2 Å². The molecule has 0 unspecified atom stereocenters. The summed E-state index contributed by atoms with van der Waals surface area (Å²) in [6.45, 7) is 3.97. The van der Waals surface area contributed by atoms with Crippen molar-refractivity contribution in [3.8, 4) is 0 Å². The van der Waals surface area contributed by atoms with E-state index in [0.717, 1.165) is 31.7 Å². The minimum Gasteiger partial charge on any atom is -0.314 e. The molecule has 2 fully saturated rings. The van der Waals surface area contributed by atoms with E-state index in [4.69, 9.17) is 11.6 Å². The van der Waals surface area contributed by atoms with Gasteiger partial charge in [0, 0.05) is 42.8 Å². The number of piperazine rings is 1. The van der Waals surface area contributed by atoms with Crippen LogP contribution in [0.1, 0.15) is 43.7 Å². The molecule has 1 N–H and O–H groups in total. The highest BCUT2D eigenvalue weighted by atomic mass is 35.5. The Kier molecular flexibility index (Phi) is 5.15. The molecular weight excluding hydrogens is 287 g/mol. The lowest BCUT2D eigenvalue weighted by Crippen LogP contribution is -2.47. The predicted molar refractivity (Wildman–Crippen MR) is 85.2 cm³/mol. The van der Waals surface area contributed by atoms with Gasteiger partial charge in [-0.25, -0.2) is 4.39 Å². The van der Waals surface area contributed by atoms with Crippen LogP contribution in [0.3, 0.4) is 0 Å². The van der Waals surface area contributed by atoms with Crippen molar-refractivity contribution in [3.05, 3.63) is 34.6 Å². The molecule has 21 heavy (non-hydrogen) atoms. The van der Waals surface area contributed by atoms with Gasteiger partial charge in [0.2, 0.25) is 0 Å². The smallest absolute Gasteiger partial charge is 0.128 e. The minimum atomic E-state index is -0.103. The summed E-state index contributed by atoms with van der Waals surface area (Å²) in [4.78, 5) is 2.46. The Morgan fingerprint density at radius 3 is 2.57 bits per heavy atom. The Bertz CT molecular complexity index is 450. The van der Waals surface area contributed by atoms with Crippen LogP contribution in [0.25, 0.3) is 0 Å². The standard InChI is InChI=1S/C17H24ClFN2/c18-14-6-7-16(19)15(12-14)17(13-4-2-1-3-5-13)21-10-8-20-9-11-21/h6-7,12-13,17,20H,1-5,8-11H2/t17-/m1/s1. The first-order valence-corrected chi connectivity index (χ1v) is 8.53. The summed E-state index contributed by atoms with van der Waals surface area (Å²) in [6, 6.07) is 5.20. The second-order valence-electron chi connectivity index (χ2n) is 6.29. The Hall–Kier alpha value is -0.640. The van der Waals surface area contributed by atoms with Gasteiger partial charge in [-0.15, -0.1) is 0 Å². The van der Waals surface area contributed by atoms with Crippen LogP contribution in [0.4, 0.5) is 4.39 Å². The quantitative estimate of drug-likeness (QED) is 0.907. The van der Waals surface area contributed by atoms with Crippen molar-refractivity contribution in [2.75, 3.05) is 26.2 Å². The summed E-state index contributed by atoms with van der Waals surface area (Å²) in [7, 11) is 0. The Morgan fingerprint density at radius 1 is 1.14 bits per heavy atom. The summed E-state index contributed by atoms with van der Waals surface area (Å²) in [5.74, 6) is 0.457. The van der Waals surface area contributed by atoms with Crippen LogP contribution in [-0.4, -0.2) is 31.1 Å². The van der Waals surface area contributed by atoms with Crippen LogP contribution >= 0.6 is 11.6 Å². The molecule has 3 rings (SSSR count). The van der Waals surface area contributed by atoms with E-state index in [2.05, 4.69) is 10.2 Å². The third-order valence-corrected chi connectivity index (χ3v) is 5.15. The van der Waals surface area contributed by atoms with E-state index in [1.165, 1.54) is 38.2 Å². The van der Waals surface area contributed by atoms with Crippen molar-refractivity contribution < 1.29 is 4.39 Å². The molecule has 1 heterocycles. The average molecular weight is 311 g/mol. The average Bonchev–Trinajstić information content (AvgIpc) is 2.53. The molecule has 0 amide bonds. The topological polar surface area (TPSA) is 15.3 Å². The van der Waals surface area contributed by atoms with Crippen molar-refractivity contribution in [1.29, 1.82) is 0 Å². The van der Waals surface area contributed by atoms with Crippen molar-refractivity contribution in [3.63, 3.8) is 0 Å². The molecule has 0 bridgehead atoms. The van der Waals surface area contributed by atoms with E-state index < -0.39 is 0 Å². The molecule has 1 aromatic rings. The highest BCUT2D eigenvalue weighted by Gasteiger charge is 2.32. The van der Waals surface area contributed by atoms with Gasteiger partial charge in [0.1, 0.15) is 5.82 Å². The lowest BCUT2D eigenvalue weighted by molar-refractivity contribution is 0.101. The van der Waals surface area contributed by atoms with Crippen molar-refractivity contribution in [2.45, 2.75) is 38.1 Å². The first-order valence-electron chi connectivity index (χ1n) is 8.15. The molecule has 4 heteroatoms. The van der Waals surface area contributed by atoms with E-state index in [-0.39, 0.29) is 11.9 Å². The zero-order valence-electron chi connectivity index (χ0n) is 12.5. The number of hydrogen-bond donors (Lipinski definition) is 1. The number of hydrogen-bond acceptors (Lipinski definition) is 2. The number of nitrogens with one attached hydrogen (secondary N) is 1. The van der Waals surface area contributed by atoms with Gasteiger partial charge in [-0.05, 0) is 37.0 Å². The van der Waals surface area contributed by atoms with Crippen LogP contribution in [-0.2, 0) is 0 Å². The van der Waals surface area contributed by atoms with Gasteiger partial charge in [0.25, 0.3) is 0 Å². The van der Waals surface area contributed by atoms with Gasteiger partial charge in [-0.1, -0.05) is 30.9 Å². The molecule has 1 saturated heterocycles. The zero-order chi connectivity index (χ0) is 14.7. The molecule has 1 aliphatic carbocycles. The van der Waals surface area contributed by atoms with Gasteiger partial charge < -0.3 is 5.32 Å². The van der Waals surface area contributed by atoms with E-state index in [0.29, 0.717) is 10.9 Å². The lowest BCUT2D eigenvalue weighted by Gasteiger charge is -2.41. The maximum Gasteiger partial charge on any atom is 0.128 e. The monoisotopic (exact) mass is 310 g/mol. The molecule has 116 valence electrons. The van der Waals surface area contributed by atoms with E-state index in [9.17, 15) is 4.39 Å². The normalized spacial score (nSPS) is 23.1. The molecule has 2 aliphatic rings. The van der Waals surface area contributed by atoms with E-state index in [1.807, 2.05) is 6.07 Å². The molecule has 0 aromatic heterocycles. The maximum absolute atomic E-state index is 14.4. The first kappa shape index (κ1) is 15.3. The molecule has 0 spiro atoms. The predicted octanol–water partition coefficient (Wildman–Crippen LogP) is 4.01. The lowest BCUT2D eigenvalue weighted by atomic mass is 9.80. The van der Waals surface area contributed by atoms with Crippen molar-refractivity contribution in [2.24, 2.45) is 5.92 Å². The van der Waals surface area contributed by atoms with Crippen LogP contribution < -0.4 is 5.32 Å². The molecular formula is C17H24ClFN2. The SMILES string of the molecule is Fc1ccc(Cl)cc1[C@@H](C1CCCCC1)N1CCNCC1. The van der Waals surface area contributed by atoms with Gasteiger partial charge in [0.05, 0.1) is 0 Å². The molecule has 1 aliphatic heterocycles. The molecule has 1 aromatic carbocycles. The van der Waals surface area contributed by atoms with Crippen LogP contribution in [0, 0.1) is 11.7 Å². The fourth-order valence-corrected chi connectivity index (χ4v) is 4.08. The third kappa shape index (κ3) is 3.58. The number of rotatable bonds is 3. The van der Waals surface area contributed by atoms with Crippen LogP contribution in [0.5, 0.6) is 0 Å². The zero-order valence-corrected chi connectivity index (χ0v) is 13.2. The third-order valence-electron chi connectivity index (χ3n) is 4.92. The number of nitrogens with zero attached hydrogens (tertiary/aromatic N) is 1. The summed E-state index contributed by atoms with van der Waals surface area (Å²) >= 11 is 6.14. The van der Waals surface area contributed by atoms with Crippen molar-refractivity contribution >= 4 is 11.6 Å². The first-order chi connectivity index (χ1) is 10.3. The highest BCUT2D eigenvalue weighted by Crippen LogP contribution is 2.40. The summed E-state index contributed by atoms with van der Waals surface area (Å²) in [6.07, 6.45) is 6.29. The fraction of sp³-hybridized carbons (Fsp3) is 0.647. The van der Waals surface area contributed by atoms with E-state index in [1.54, 1.807) is 6.07 Å². The summed E-state index contributed by atoms with van der Waals surface area (Å²) < 4.78 is 14.4. The summed E-state index contributed by atoms with van der Waals surface area (Å²) in [5.41, 5.74) is 0.802. The summed E-state index contributed by atoms with van der Waals surface area (Å²) in [5, 5.41) is 4.03. The molecule has 0 radical (unpaired) electrons. The Morgan fingerprint density at radius 2 is 1.86 bits per heavy atom. The van der Waals surface area contributed by atoms with E-state index >= 15 is 0 Å². The number of benzene rings is 1. The van der Waals surface area contributed by atoms with Crippen LogP contribution in [0.2, 0.25) is 5.02 Å².